The van der Waals surface area contributed by atoms with Crippen molar-refractivity contribution in [2.75, 3.05) is 7.05 Å². The van der Waals surface area contributed by atoms with Gasteiger partial charge in [-0.15, -0.1) is 12.3 Å². The van der Waals surface area contributed by atoms with Crippen LogP contribution in [0.2, 0.25) is 0 Å². The SMILES string of the molecule is C#CCCCC(CCC(C)C)NC. The number of unbranched alkanes of at least 4 members (excludes halogenated alkanes) is 1. The molecule has 0 radical (unpaired) electrons. The second-order valence-corrected chi connectivity index (χ2v) is 4.05. The van der Waals surface area contributed by atoms with Crippen LogP contribution in [0.1, 0.15) is 46.0 Å². The molecule has 0 aliphatic carbocycles. The average molecular weight is 181 g/mol. The molecule has 0 bridgehead atoms. The van der Waals surface area contributed by atoms with Gasteiger partial charge in [-0.2, -0.15) is 0 Å². The fourth-order valence-electron chi connectivity index (χ4n) is 1.42. The van der Waals surface area contributed by atoms with Gasteiger partial charge in [0, 0.05) is 12.5 Å². The van der Waals surface area contributed by atoms with Crippen LogP contribution in [0.3, 0.4) is 0 Å². The summed E-state index contributed by atoms with van der Waals surface area (Å²) in [6, 6.07) is 0.663. The van der Waals surface area contributed by atoms with Crippen LogP contribution in [-0.2, 0) is 0 Å². The maximum atomic E-state index is 5.21. The topological polar surface area (TPSA) is 12.0 Å². The van der Waals surface area contributed by atoms with Crippen LogP contribution in [0, 0.1) is 18.3 Å². The van der Waals surface area contributed by atoms with Gasteiger partial charge in [0.2, 0.25) is 0 Å². The summed E-state index contributed by atoms with van der Waals surface area (Å²) in [5, 5.41) is 3.35. The Kier molecular flexibility index (Phi) is 7.83. The maximum absolute atomic E-state index is 5.21. The largest absolute Gasteiger partial charge is 0.317 e. The Morgan fingerprint density at radius 3 is 2.38 bits per heavy atom. The lowest BCUT2D eigenvalue weighted by atomic mass is 10.00. The lowest BCUT2D eigenvalue weighted by molar-refractivity contribution is 0.426. The van der Waals surface area contributed by atoms with Gasteiger partial charge in [0.25, 0.3) is 0 Å². The van der Waals surface area contributed by atoms with Crippen molar-refractivity contribution < 1.29 is 0 Å². The van der Waals surface area contributed by atoms with E-state index in [0.717, 1.165) is 18.8 Å². The van der Waals surface area contributed by atoms with Crippen molar-refractivity contribution in [3.63, 3.8) is 0 Å². The molecule has 0 aliphatic rings. The molecular formula is C12H23N. The molecule has 0 saturated carbocycles. The second kappa shape index (κ2) is 8.13. The molecule has 0 aliphatic heterocycles. The van der Waals surface area contributed by atoms with Crippen molar-refractivity contribution in [1.82, 2.24) is 5.32 Å². The zero-order valence-corrected chi connectivity index (χ0v) is 9.27. The molecule has 0 aromatic rings. The smallest absolute Gasteiger partial charge is 0.00866 e. The minimum absolute atomic E-state index is 0.663. The van der Waals surface area contributed by atoms with E-state index in [4.69, 9.17) is 6.42 Å². The predicted octanol–water partition coefficient (Wildman–Crippen LogP) is 2.81. The Morgan fingerprint density at radius 1 is 1.23 bits per heavy atom. The van der Waals surface area contributed by atoms with Gasteiger partial charge in [0.05, 0.1) is 0 Å². The average Bonchev–Trinajstić information content (AvgIpc) is 2.10. The fourth-order valence-corrected chi connectivity index (χ4v) is 1.42. The number of nitrogens with one attached hydrogen (secondary N) is 1. The van der Waals surface area contributed by atoms with Gasteiger partial charge in [-0.1, -0.05) is 13.8 Å². The van der Waals surface area contributed by atoms with Crippen molar-refractivity contribution in [3.05, 3.63) is 0 Å². The molecule has 0 rings (SSSR count). The van der Waals surface area contributed by atoms with Crippen LogP contribution in [0.15, 0.2) is 0 Å². The Hall–Kier alpha value is -0.480. The first kappa shape index (κ1) is 12.5. The van der Waals surface area contributed by atoms with Gasteiger partial charge < -0.3 is 5.32 Å². The summed E-state index contributed by atoms with van der Waals surface area (Å²) in [6.45, 7) is 4.54. The van der Waals surface area contributed by atoms with E-state index < -0.39 is 0 Å². The lowest BCUT2D eigenvalue weighted by Gasteiger charge is -2.16. The second-order valence-electron chi connectivity index (χ2n) is 4.05. The summed E-state index contributed by atoms with van der Waals surface area (Å²) in [6.07, 6.45) is 11.1. The molecule has 0 heterocycles. The summed E-state index contributed by atoms with van der Waals surface area (Å²) >= 11 is 0. The van der Waals surface area contributed by atoms with E-state index >= 15 is 0 Å². The van der Waals surface area contributed by atoms with Crippen molar-refractivity contribution >= 4 is 0 Å². The number of rotatable bonds is 7. The molecule has 1 atom stereocenters. The van der Waals surface area contributed by atoms with Gasteiger partial charge in [-0.3, -0.25) is 0 Å². The van der Waals surface area contributed by atoms with Crippen molar-refractivity contribution in [2.24, 2.45) is 5.92 Å². The monoisotopic (exact) mass is 181 g/mol. The van der Waals surface area contributed by atoms with Crippen LogP contribution in [0.25, 0.3) is 0 Å². The number of hydrogen-bond donors (Lipinski definition) is 1. The molecule has 1 heteroatoms. The first-order valence-corrected chi connectivity index (χ1v) is 5.31. The Morgan fingerprint density at radius 2 is 1.92 bits per heavy atom. The standard InChI is InChI=1S/C12H23N/c1-5-6-7-8-12(13-4)10-9-11(2)3/h1,11-13H,6-10H2,2-4H3. The zero-order chi connectivity index (χ0) is 10.1. The predicted molar refractivity (Wildman–Crippen MR) is 59.6 cm³/mol. The zero-order valence-electron chi connectivity index (χ0n) is 9.27. The minimum Gasteiger partial charge on any atom is -0.317 e. The van der Waals surface area contributed by atoms with Crippen LogP contribution in [-0.4, -0.2) is 13.1 Å². The van der Waals surface area contributed by atoms with Gasteiger partial charge >= 0.3 is 0 Å². The minimum atomic E-state index is 0.663. The third-order valence-corrected chi connectivity index (χ3v) is 2.37. The number of hydrogen-bond acceptors (Lipinski definition) is 1. The molecule has 0 saturated heterocycles. The highest BCUT2D eigenvalue weighted by atomic mass is 14.9. The molecule has 0 fully saturated rings. The molecule has 0 aromatic carbocycles. The Balaban J connectivity index is 3.46. The number of terminal acetylenes is 1. The van der Waals surface area contributed by atoms with Gasteiger partial charge in [0.1, 0.15) is 0 Å². The van der Waals surface area contributed by atoms with Crippen molar-refractivity contribution in [3.8, 4) is 12.3 Å². The molecule has 1 unspecified atom stereocenters. The van der Waals surface area contributed by atoms with E-state index in [0.29, 0.717) is 6.04 Å². The highest BCUT2D eigenvalue weighted by Crippen LogP contribution is 2.11. The van der Waals surface area contributed by atoms with Crippen molar-refractivity contribution in [1.29, 1.82) is 0 Å². The van der Waals surface area contributed by atoms with Gasteiger partial charge in [-0.05, 0) is 38.6 Å². The quantitative estimate of drug-likeness (QED) is 0.470. The highest BCUT2D eigenvalue weighted by molar-refractivity contribution is 4.83. The van der Waals surface area contributed by atoms with Gasteiger partial charge in [-0.25, -0.2) is 0 Å². The third kappa shape index (κ3) is 7.87. The molecule has 13 heavy (non-hydrogen) atoms. The molecule has 1 N–H and O–H groups in total. The van der Waals surface area contributed by atoms with E-state index in [-0.39, 0.29) is 0 Å². The fraction of sp³-hybridized carbons (Fsp3) is 0.833. The van der Waals surface area contributed by atoms with Gasteiger partial charge in [0.15, 0.2) is 0 Å². The third-order valence-electron chi connectivity index (χ3n) is 2.37. The van der Waals surface area contributed by atoms with Crippen LogP contribution in [0.5, 0.6) is 0 Å². The Labute approximate surface area is 83.3 Å². The first-order valence-electron chi connectivity index (χ1n) is 5.31. The van der Waals surface area contributed by atoms with E-state index in [9.17, 15) is 0 Å². The maximum Gasteiger partial charge on any atom is 0.00866 e. The summed E-state index contributed by atoms with van der Waals surface area (Å²) in [5.41, 5.74) is 0. The normalized spacial score (nSPS) is 12.8. The summed E-state index contributed by atoms with van der Waals surface area (Å²) < 4.78 is 0. The summed E-state index contributed by atoms with van der Waals surface area (Å²) in [5.74, 6) is 3.49. The molecule has 1 nitrogen and oxygen atoms in total. The van der Waals surface area contributed by atoms with E-state index in [1.54, 1.807) is 0 Å². The van der Waals surface area contributed by atoms with Crippen LogP contribution >= 0.6 is 0 Å². The van der Waals surface area contributed by atoms with Crippen molar-refractivity contribution in [2.45, 2.75) is 52.0 Å². The molecular weight excluding hydrogens is 158 g/mol. The van der Waals surface area contributed by atoms with E-state index in [1.807, 2.05) is 7.05 Å². The highest BCUT2D eigenvalue weighted by Gasteiger charge is 2.05. The molecule has 0 aromatic heterocycles. The molecule has 0 spiro atoms. The van der Waals surface area contributed by atoms with E-state index in [2.05, 4.69) is 25.1 Å². The first-order chi connectivity index (χ1) is 6.20. The van der Waals surface area contributed by atoms with Crippen LogP contribution < -0.4 is 5.32 Å². The lowest BCUT2D eigenvalue weighted by Crippen LogP contribution is -2.25. The summed E-state index contributed by atoms with van der Waals surface area (Å²) in [7, 11) is 2.04. The molecule has 0 amide bonds. The van der Waals surface area contributed by atoms with Crippen LogP contribution in [0.4, 0.5) is 0 Å². The van der Waals surface area contributed by atoms with E-state index in [1.165, 1.54) is 19.3 Å². The Bertz CT molecular complexity index is 144. The summed E-state index contributed by atoms with van der Waals surface area (Å²) in [4.78, 5) is 0. The molecule has 76 valence electrons.